The van der Waals surface area contributed by atoms with Crippen LogP contribution in [0.15, 0.2) is 35.7 Å². The Bertz CT molecular complexity index is 494. The van der Waals surface area contributed by atoms with Crippen LogP contribution in [0.3, 0.4) is 0 Å². The molecule has 0 saturated heterocycles. The quantitative estimate of drug-likeness (QED) is 0.904. The molecular weight excluding hydrogens is 256 g/mol. The maximum absolute atomic E-state index is 9.39. The fraction of sp³-hybridized carbons (Fsp3) is 0.231. The lowest BCUT2D eigenvalue weighted by atomic mass is 10.2. The monoisotopic (exact) mass is 268 g/mol. The van der Waals surface area contributed by atoms with Gasteiger partial charge in [0.2, 0.25) is 0 Å². The molecule has 1 atom stereocenters. The third-order valence-corrected chi connectivity index (χ3v) is 3.37. The summed E-state index contributed by atoms with van der Waals surface area (Å²) in [6.45, 7) is 1.77. The molecule has 2 aromatic rings. The van der Waals surface area contributed by atoms with Crippen LogP contribution in [-0.2, 0) is 6.42 Å². The van der Waals surface area contributed by atoms with Crippen molar-refractivity contribution in [2.75, 3.05) is 0 Å². The maximum atomic E-state index is 9.39. The molecule has 1 N–H and O–H groups in total. The van der Waals surface area contributed by atoms with Crippen molar-refractivity contribution in [2.45, 2.75) is 19.4 Å². The van der Waals surface area contributed by atoms with Gasteiger partial charge in [0.05, 0.1) is 6.10 Å². The van der Waals surface area contributed by atoms with Gasteiger partial charge in [-0.1, -0.05) is 17.7 Å². The predicted molar refractivity (Wildman–Crippen MR) is 71.2 cm³/mol. The van der Waals surface area contributed by atoms with E-state index in [2.05, 4.69) is 0 Å². The van der Waals surface area contributed by atoms with Crippen LogP contribution in [0.1, 0.15) is 11.8 Å². The molecule has 1 aromatic carbocycles. The molecule has 1 aromatic heterocycles. The Labute approximate surface area is 109 Å². The summed E-state index contributed by atoms with van der Waals surface area (Å²) in [6.07, 6.45) is 0.239. The summed E-state index contributed by atoms with van der Waals surface area (Å²) in [7, 11) is 0. The lowest BCUT2D eigenvalue weighted by Gasteiger charge is -2.08. The second-order valence-electron chi connectivity index (χ2n) is 3.82. The van der Waals surface area contributed by atoms with Crippen LogP contribution < -0.4 is 4.74 Å². The molecule has 0 aliphatic heterocycles. The lowest BCUT2D eigenvalue weighted by Crippen LogP contribution is -2.03. The number of ether oxygens (including phenoxy) is 1. The van der Waals surface area contributed by atoms with E-state index in [9.17, 15) is 5.11 Å². The summed E-state index contributed by atoms with van der Waals surface area (Å²) in [4.78, 5) is 1.04. The van der Waals surface area contributed by atoms with Gasteiger partial charge in [0, 0.05) is 16.3 Å². The molecule has 0 fully saturated rings. The normalized spacial score (nSPS) is 12.4. The van der Waals surface area contributed by atoms with E-state index in [1.165, 1.54) is 0 Å². The number of halogens is 1. The first kappa shape index (κ1) is 12.4. The molecule has 0 bridgehead atoms. The Hall–Kier alpha value is -1.03. The van der Waals surface area contributed by atoms with Crippen molar-refractivity contribution in [3.05, 3.63) is 45.6 Å². The first-order valence-electron chi connectivity index (χ1n) is 5.33. The summed E-state index contributed by atoms with van der Waals surface area (Å²) in [5.41, 5.74) is 0. The van der Waals surface area contributed by atoms with Crippen molar-refractivity contribution >= 4 is 22.9 Å². The predicted octanol–water partition coefficient (Wildman–Crippen LogP) is 4.12. The number of aliphatic hydroxyl groups is 1. The summed E-state index contributed by atoms with van der Waals surface area (Å²) >= 11 is 7.48. The molecule has 2 nitrogen and oxygen atoms in total. The second kappa shape index (κ2) is 5.54. The number of hydrogen-bond acceptors (Lipinski definition) is 3. The standard InChI is InChI=1S/C13H13ClO2S/c1-9(15)7-13-12(5-6-17-13)16-11-4-2-3-10(14)8-11/h2-6,8-9,15H,7H2,1H3. The molecule has 2 rings (SSSR count). The van der Waals surface area contributed by atoms with Crippen LogP contribution in [0.4, 0.5) is 0 Å². The van der Waals surface area contributed by atoms with Gasteiger partial charge in [-0.3, -0.25) is 0 Å². The summed E-state index contributed by atoms with van der Waals surface area (Å²) in [6, 6.07) is 9.18. The highest BCUT2D eigenvalue weighted by Crippen LogP contribution is 2.31. The zero-order valence-corrected chi connectivity index (χ0v) is 11.0. The van der Waals surface area contributed by atoms with Gasteiger partial charge in [0.25, 0.3) is 0 Å². The number of hydrogen-bond donors (Lipinski definition) is 1. The fourth-order valence-corrected chi connectivity index (χ4v) is 2.59. The zero-order chi connectivity index (χ0) is 12.3. The molecule has 1 heterocycles. The van der Waals surface area contributed by atoms with Gasteiger partial charge in [-0.25, -0.2) is 0 Å². The Morgan fingerprint density at radius 1 is 1.41 bits per heavy atom. The van der Waals surface area contributed by atoms with Gasteiger partial charge in [-0.15, -0.1) is 11.3 Å². The average molecular weight is 269 g/mol. The Kier molecular flexibility index (Phi) is 4.05. The minimum Gasteiger partial charge on any atom is -0.456 e. The van der Waals surface area contributed by atoms with E-state index in [0.717, 1.165) is 10.6 Å². The van der Waals surface area contributed by atoms with Crippen molar-refractivity contribution in [2.24, 2.45) is 0 Å². The smallest absolute Gasteiger partial charge is 0.141 e. The van der Waals surface area contributed by atoms with Crippen molar-refractivity contribution in [1.82, 2.24) is 0 Å². The van der Waals surface area contributed by atoms with Crippen molar-refractivity contribution < 1.29 is 9.84 Å². The van der Waals surface area contributed by atoms with E-state index in [1.54, 1.807) is 30.4 Å². The molecule has 0 saturated carbocycles. The van der Waals surface area contributed by atoms with Gasteiger partial charge < -0.3 is 9.84 Å². The van der Waals surface area contributed by atoms with Crippen LogP contribution >= 0.6 is 22.9 Å². The molecule has 90 valence electrons. The van der Waals surface area contributed by atoms with Gasteiger partial charge in [0.15, 0.2) is 0 Å². The highest BCUT2D eigenvalue weighted by Gasteiger charge is 2.09. The van der Waals surface area contributed by atoms with Crippen LogP contribution in [0.5, 0.6) is 11.5 Å². The first-order chi connectivity index (χ1) is 8.15. The number of thiophene rings is 1. The van der Waals surface area contributed by atoms with E-state index < -0.39 is 0 Å². The number of aliphatic hydroxyl groups excluding tert-OH is 1. The van der Waals surface area contributed by atoms with Crippen LogP contribution in [0.2, 0.25) is 5.02 Å². The van der Waals surface area contributed by atoms with E-state index in [4.69, 9.17) is 16.3 Å². The molecule has 1 unspecified atom stereocenters. The Morgan fingerprint density at radius 3 is 2.94 bits per heavy atom. The first-order valence-corrected chi connectivity index (χ1v) is 6.59. The SMILES string of the molecule is CC(O)Cc1sccc1Oc1cccc(Cl)c1. The maximum Gasteiger partial charge on any atom is 0.141 e. The van der Waals surface area contributed by atoms with Gasteiger partial charge >= 0.3 is 0 Å². The fourth-order valence-electron chi connectivity index (χ4n) is 1.49. The third-order valence-electron chi connectivity index (χ3n) is 2.21. The van der Waals surface area contributed by atoms with Gasteiger partial charge in [-0.05, 0) is 36.6 Å². The molecule has 0 amide bonds. The highest BCUT2D eigenvalue weighted by molar-refractivity contribution is 7.10. The molecule has 4 heteroatoms. The molecular formula is C13H13ClO2S. The van der Waals surface area contributed by atoms with Gasteiger partial charge in [-0.2, -0.15) is 0 Å². The Morgan fingerprint density at radius 2 is 2.24 bits per heavy atom. The molecule has 17 heavy (non-hydrogen) atoms. The zero-order valence-electron chi connectivity index (χ0n) is 9.39. The minimum absolute atomic E-state index is 0.365. The topological polar surface area (TPSA) is 29.5 Å². The molecule has 0 aliphatic rings. The molecule has 0 spiro atoms. The average Bonchev–Trinajstić information content (AvgIpc) is 2.65. The number of rotatable bonds is 4. The van der Waals surface area contributed by atoms with Crippen molar-refractivity contribution in [3.63, 3.8) is 0 Å². The molecule has 0 radical (unpaired) electrons. The largest absolute Gasteiger partial charge is 0.456 e. The van der Waals surface area contributed by atoms with E-state index in [-0.39, 0.29) is 6.10 Å². The van der Waals surface area contributed by atoms with E-state index >= 15 is 0 Å². The summed E-state index contributed by atoms with van der Waals surface area (Å²) in [5, 5.41) is 12.0. The Balaban J connectivity index is 2.16. The van der Waals surface area contributed by atoms with Crippen molar-refractivity contribution in [3.8, 4) is 11.5 Å². The second-order valence-corrected chi connectivity index (χ2v) is 5.26. The highest BCUT2D eigenvalue weighted by atomic mass is 35.5. The van der Waals surface area contributed by atoms with Crippen LogP contribution in [0.25, 0.3) is 0 Å². The lowest BCUT2D eigenvalue weighted by molar-refractivity contribution is 0.195. The van der Waals surface area contributed by atoms with Crippen molar-refractivity contribution in [1.29, 1.82) is 0 Å². The van der Waals surface area contributed by atoms with Crippen LogP contribution in [0, 0.1) is 0 Å². The van der Waals surface area contributed by atoms with Crippen LogP contribution in [-0.4, -0.2) is 11.2 Å². The number of benzene rings is 1. The third kappa shape index (κ3) is 3.46. The summed E-state index contributed by atoms with van der Waals surface area (Å²) < 4.78 is 5.75. The van der Waals surface area contributed by atoms with Gasteiger partial charge in [0.1, 0.15) is 11.5 Å². The van der Waals surface area contributed by atoms with E-state index in [1.807, 2.05) is 23.6 Å². The summed E-state index contributed by atoms with van der Waals surface area (Å²) in [5.74, 6) is 1.50. The minimum atomic E-state index is -0.365. The van der Waals surface area contributed by atoms with E-state index in [0.29, 0.717) is 17.2 Å². The molecule has 0 aliphatic carbocycles.